The second-order valence-electron chi connectivity index (χ2n) is 5.93. The van der Waals surface area contributed by atoms with Crippen LogP contribution in [0.15, 0.2) is 35.7 Å². The smallest absolute Gasteiger partial charge is 0.226 e. The third kappa shape index (κ3) is 4.50. The first-order valence-electron chi connectivity index (χ1n) is 7.95. The van der Waals surface area contributed by atoms with Crippen LogP contribution in [0, 0.1) is 5.92 Å². The second-order valence-corrected chi connectivity index (χ2v) is 6.79. The Kier molecular flexibility index (Phi) is 5.20. The summed E-state index contributed by atoms with van der Waals surface area (Å²) in [6, 6.07) is 10.2. The summed E-state index contributed by atoms with van der Waals surface area (Å²) in [6.07, 6.45) is 7.68. The van der Waals surface area contributed by atoms with Crippen LogP contribution in [0.4, 0.5) is 5.13 Å². The van der Waals surface area contributed by atoms with Crippen molar-refractivity contribution >= 4 is 34.5 Å². The summed E-state index contributed by atoms with van der Waals surface area (Å²) in [5.74, 6) is 0.327. The summed E-state index contributed by atoms with van der Waals surface area (Å²) in [5.41, 5.74) is 8.00. The summed E-state index contributed by atoms with van der Waals surface area (Å²) in [7, 11) is 0. The largest absolute Gasteiger partial charge is 0.327 e. The average molecular weight is 327 g/mol. The fourth-order valence-electron chi connectivity index (χ4n) is 2.89. The van der Waals surface area contributed by atoms with Gasteiger partial charge in [0.25, 0.3) is 0 Å². The van der Waals surface area contributed by atoms with Gasteiger partial charge in [-0.1, -0.05) is 42.8 Å². The fraction of sp³-hybridized carbons (Fsp3) is 0.333. The molecule has 1 fully saturated rings. The molecule has 0 spiro atoms. The Morgan fingerprint density at radius 2 is 2.13 bits per heavy atom. The van der Waals surface area contributed by atoms with Gasteiger partial charge in [0.2, 0.25) is 5.91 Å². The molecule has 0 unspecified atom stereocenters. The van der Waals surface area contributed by atoms with Crippen LogP contribution in [0.1, 0.15) is 36.9 Å². The van der Waals surface area contributed by atoms with Crippen molar-refractivity contribution < 1.29 is 4.79 Å². The third-order valence-corrected chi connectivity index (χ3v) is 4.96. The molecule has 1 amide bonds. The first-order chi connectivity index (χ1) is 11.2. The summed E-state index contributed by atoms with van der Waals surface area (Å²) in [4.78, 5) is 16.5. The van der Waals surface area contributed by atoms with Crippen molar-refractivity contribution in [3.05, 3.63) is 47.0 Å². The number of nitrogens with two attached hydrogens (primary N) is 1. The molecule has 120 valence electrons. The number of hydrogen-bond acceptors (Lipinski definition) is 4. The van der Waals surface area contributed by atoms with E-state index < -0.39 is 0 Å². The molecule has 0 saturated heterocycles. The molecule has 3 N–H and O–H groups in total. The zero-order chi connectivity index (χ0) is 16.1. The van der Waals surface area contributed by atoms with E-state index >= 15 is 0 Å². The van der Waals surface area contributed by atoms with E-state index in [4.69, 9.17) is 5.73 Å². The lowest BCUT2D eigenvalue weighted by Crippen LogP contribution is -2.28. The molecule has 23 heavy (non-hydrogen) atoms. The van der Waals surface area contributed by atoms with Gasteiger partial charge >= 0.3 is 0 Å². The van der Waals surface area contributed by atoms with E-state index in [0.29, 0.717) is 17.5 Å². The summed E-state index contributed by atoms with van der Waals surface area (Å²) < 4.78 is 0. The van der Waals surface area contributed by atoms with Crippen LogP contribution >= 0.6 is 11.3 Å². The minimum atomic E-state index is 0.0142. The van der Waals surface area contributed by atoms with Crippen LogP contribution in [-0.4, -0.2) is 16.9 Å². The number of anilines is 1. The maximum absolute atomic E-state index is 12.1. The summed E-state index contributed by atoms with van der Waals surface area (Å²) >= 11 is 1.45. The maximum atomic E-state index is 12.1. The number of amides is 1. The van der Waals surface area contributed by atoms with Crippen molar-refractivity contribution in [2.45, 2.75) is 31.7 Å². The van der Waals surface area contributed by atoms with Gasteiger partial charge < -0.3 is 11.1 Å². The molecule has 1 aliphatic carbocycles. The Morgan fingerprint density at radius 1 is 1.30 bits per heavy atom. The van der Waals surface area contributed by atoms with Crippen molar-refractivity contribution in [2.24, 2.45) is 11.7 Å². The minimum absolute atomic E-state index is 0.0142. The van der Waals surface area contributed by atoms with Gasteiger partial charge in [-0.3, -0.25) is 4.79 Å². The summed E-state index contributed by atoms with van der Waals surface area (Å²) in [6.45, 7) is 0. The molecule has 4 nitrogen and oxygen atoms in total. The molecule has 0 radical (unpaired) electrons. The van der Waals surface area contributed by atoms with Crippen molar-refractivity contribution in [1.29, 1.82) is 0 Å². The predicted molar refractivity (Wildman–Crippen MR) is 96.0 cm³/mol. The highest BCUT2D eigenvalue weighted by molar-refractivity contribution is 7.14. The fourth-order valence-corrected chi connectivity index (χ4v) is 3.59. The molecule has 0 bridgehead atoms. The van der Waals surface area contributed by atoms with Gasteiger partial charge in [0, 0.05) is 17.8 Å². The van der Waals surface area contributed by atoms with E-state index in [9.17, 15) is 4.79 Å². The molecule has 1 heterocycles. The van der Waals surface area contributed by atoms with Gasteiger partial charge in [0.1, 0.15) is 0 Å². The molecule has 1 aliphatic rings. The van der Waals surface area contributed by atoms with Crippen LogP contribution in [0.5, 0.6) is 0 Å². The first-order valence-corrected chi connectivity index (χ1v) is 8.83. The SMILES string of the molecule is N[C@@H]1CCC[C@H]1CC(=O)Nc1nc(/C=C/c2ccccc2)cs1. The lowest BCUT2D eigenvalue weighted by atomic mass is 10.00. The molecular formula is C18H21N3OS. The molecule has 1 aromatic carbocycles. The molecule has 3 rings (SSSR count). The number of rotatable bonds is 5. The van der Waals surface area contributed by atoms with Crippen molar-refractivity contribution in [2.75, 3.05) is 5.32 Å². The van der Waals surface area contributed by atoms with Gasteiger partial charge in [0.15, 0.2) is 5.13 Å². The Labute approximate surface area is 140 Å². The minimum Gasteiger partial charge on any atom is -0.327 e. The van der Waals surface area contributed by atoms with Gasteiger partial charge in [-0.15, -0.1) is 11.3 Å². The van der Waals surface area contributed by atoms with Gasteiger partial charge in [-0.25, -0.2) is 4.98 Å². The maximum Gasteiger partial charge on any atom is 0.226 e. The van der Waals surface area contributed by atoms with Gasteiger partial charge in [-0.2, -0.15) is 0 Å². The predicted octanol–water partition coefficient (Wildman–Crippen LogP) is 3.77. The van der Waals surface area contributed by atoms with Crippen LogP contribution < -0.4 is 11.1 Å². The summed E-state index contributed by atoms with van der Waals surface area (Å²) in [5, 5.41) is 5.48. The molecule has 5 heteroatoms. The number of benzene rings is 1. The number of aromatic nitrogens is 1. The lowest BCUT2D eigenvalue weighted by Gasteiger charge is -2.13. The van der Waals surface area contributed by atoms with Gasteiger partial charge in [0.05, 0.1) is 5.69 Å². The number of hydrogen-bond donors (Lipinski definition) is 2. The normalized spacial score (nSPS) is 20.9. The molecular weight excluding hydrogens is 306 g/mol. The van der Waals surface area contributed by atoms with E-state index in [1.807, 2.05) is 47.9 Å². The Morgan fingerprint density at radius 3 is 2.87 bits per heavy atom. The van der Waals surface area contributed by atoms with Crippen LogP contribution in [0.25, 0.3) is 12.2 Å². The number of nitrogens with zero attached hydrogens (tertiary/aromatic N) is 1. The van der Waals surface area contributed by atoms with Crippen LogP contribution in [-0.2, 0) is 4.79 Å². The van der Waals surface area contributed by atoms with Crippen LogP contribution in [0.3, 0.4) is 0 Å². The zero-order valence-electron chi connectivity index (χ0n) is 12.9. The van der Waals surface area contributed by atoms with E-state index in [0.717, 1.165) is 30.5 Å². The first kappa shape index (κ1) is 15.9. The van der Waals surface area contributed by atoms with Gasteiger partial charge in [-0.05, 0) is 30.4 Å². The number of carbonyl (C=O) groups excluding carboxylic acids is 1. The molecule has 0 aliphatic heterocycles. The Balaban J connectivity index is 1.54. The highest BCUT2D eigenvalue weighted by Crippen LogP contribution is 2.27. The second kappa shape index (κ2) is 7.53. The average Bonchev–Trinajstić information content (AvgIpc) is 3.16. The van der Waals surface area contributed by atoms with E-state index in [1.54, 1.807) is 0 Å². The third-order valence-electron chi connectivity index (χ3n) is 4.18. The quantitative estimate of drug-likeness (QED) is 0.878. The van der Waals surface area contributed by atoms with Crippen molar-refractivity contribution in [1.82, 2.24) is 4.98 Å². The zero-order valence-corrected chi connectivity index (χ0v) is 13.8. The van der Waals surface area contributed by atoms with Crippen molar-refractivity contribution in [3.8, 4) is 0 Å². The van der Waals surface area contributed by atoms with Crippen LogP contribution in [0.2, 0.25) is 0 Å². The Bertz CT molecular complexity index is 681. The molecule has 1 aromatic heterocycles. The topological polar surface area (TPSA) is 68.0 Å². The van der Waals surface area contributed by atoms with E-state index in [1.165, 1.54) is 11.3 Å². The monoisotopic (exact) mass is 327 g/mol. The molecule has 2 aromatic rings. The number of thiazole rings is 1. The highest BCUT2D eigenvalue weighted by Gasteiger charge is 2.26. The van der Waals surface area contributed by atoms with E-state index in [-0.39, 0.29) is 11.9 Å². The molecule has 2 atom stereocenters. The number of nitrogens with one attached hydrogen (secondary N) is 1. The molecule has 1 saturated carbocycles. The Hall–Kier alpha value is -1.98. The highest BCUT2D eigenvalue weighted by atomic mass is 32.1. The number of carbonyl (C=O) groups is 1. The standard InChI is InChI=1S/C18H21N3OS/c19-16-8-4-7-14(16)11-17(22)21-18-20-15(12-23-18)10-9-13-5-2-1-3-6-13/h1-3,5-6,9-10,12,14,16H,4,7-8,11,19H2,(H,20,21,22)/b10-9+/t14-,16+/m0/s1. The van der Waals surface area contributed by atoms with E-state index in [2.05, 4.69) is 10.3 Å². The van der Waals surface area contributed by atoms with Crippen molar-refractivity contribution in [3.63, 3.8) is 0 Å². The lowest BCUT2D eigenvalue weighted by molar-refractivity contribution is -0.117.